The number of halogens is 4. The fourth-order valence-corrected chi connectivity index (χ4v) is 2.53. The van der Waals surface area contributed by atoms with Gasteiger partial charge >= 0.3 is 11.9 Å². The number of nitrogens with zero attached hydrogens (tertiary/aromatic N) is 5. The molecule has 0 aliphatic carbocycles. The van der Waals surface area contributed by atoms with E-state index in [0.717, 1.165) is 9.25 Å². The molecule has 0 unspecified atom stereocenters. The predicted octanol–water partition coefficient (Wildman–Crippen LogP) is 1.58. The Balaban J connectivity index is 1.99. The lowest BCUT2D eigenvalue weighted by Gasteiger charge is -2.08. The first-order valence-corrected chi connectivity index (χ1v) is 8.23. The number of nitrogens with two attached hydrogens (primary N) is 1. The summed E-state index contributed by atoms with van der Waals surface area (Å²) in [4.78, 5) is 27.5. The van der Waals surface area contributed by atoms with E-state index >= 15 is 0 Å². The van der Waals surface area contributed by atoms with Crippen LogP contribution >= 0.6 is 11.6 Å². The average molecular weight is 416 g/mol. The predicted molar refractivity (Wildman–Crippen MR) is 91.6 cm³/mol. The SMILES string of the molecule is NC(=O)c1nc(Cn2nc(-c3ccc(Cl)cc3)n(CCC(F)(F)F)c2=O)n[nH]1. The second-order valence-electron chi connectivity index (χ2n) is 5.75. The van der Waals surface area contributed by atoms with Crippen molar-refractivity contribution in [2.45, 2.75) is 25.7 Å². The summed E-state index contributed by atoms with van der Waals surface area (Å²) in [5, 5.41) is 10.6. The molecule has 9 nitrogen and oxygen atoms in total. The first-order valence-electron chi connectivity index (χ1n) is 7.85. The molecule has 0 spiro atoms. The highest BCUT2D eigenvalue weighted by Gasteiger charge is 2.28. The summed E-state index contributed by atoms with van der Waals surface area (Å²) in [5.74, 6) is -0.989. The molecule has 0 atom stereocenters. The summed E-state index contributed by atoms with van der Waals surface area (Å²) in [5.41, 5.74) is 4.70. The molecule has 0 saturated heterocycles. The second kappa shape index (κ2) is 7.46. The third-order valence-corrected chi connectivity index (χ3v) is 3.95. The summed E-state index contributed by atoms with van der Waals surface area (Å²) in [6.07, 6.45) is -5.65. The maximum absolute atomic E-state index is 12.7. The summed E-state index contributed by atoms with van der Waals surface area (Å²) in [6, 6.07) is 6.14. The zero-order chi connectivity index (χ0) is 20.5. The van der Waals surface area contributed by atoms with Crippen LogP contribution in [0.5, 0.6) is 0 Å². The molecule has 3 rings (SSSR count). The third-order valence-electron chi connectivity index (χ3n) is 3.70. The number of primary amides is 1. The number of H-pyrrole nitrogens is 1. The lowest BCUT2D eigenvalue weighted by atomic mass is 10.2. The smallest absolute Gasteiger partial charge is 0.363 e. The topological polar surface area (TPSA) is 124 Å². The van der Waals surface area contributed by atoms with E-state index < -0.39 is 30.7 Å². The van der Waals surface area contributed by atoms with Gasteiger partial charge in [0.1, 0.15) is 6.54 Å². The zero-order valence-corrected chi connectivity index (χ0v) is 14.8. The quantitative estimate of drug-likeness (QED) is 0.632. The van der Waals surface area contributed by atoms with Crippen LogP contribution in [-0.4, -0.2) is 41.6 Å². The van der Waals surface area contributed by atoms with Gasteiger partial charge in [-0.15, -0.1) is 5.10 Å². The first-order chi connectivity index (χ1) is 13.1. The van der Waals surface area contributed by atoms with Crippen molar-refractivity contribution in [3.8, 4) is 11.4 Å². The van der Waals surface area contributed by atoms with Crippen molar-refractivity contribution in [1.82, 2.24) is 29.5 Å². The molecule has 0 fully saturated rings. The van der Waals surface area contributed by atoms with Gasteiger partial charge in [0.2, 0.25) is 5.82 Å². The number of rotatable bonds is 6. The van der Waals surface area contributed by atoms with E-state index in [9.17, 15) is 22.8 Å². The number of benzene rings is 1. The lowest BCUT2D eigenvalue weighted by molar-refractivity contribution is -0.136. The van der Waals surface area contributed by atoms with Gasteiger partial charge in [-0.1, -0.05) is 11.6 Å². The van der Waals surface area contributed by atoms with E-state index in [0.29, 0.717) is 10.6 Å². The van der Waals surface area contributed by atoms with Crippen molar-refractivity contribution >= 4 is 17.5 Å². The first kappa shape index (κ1) is 19.6. The third kappa shape index (κ3) is 4.39. The van der Waals surface area contributed by atoms with Crippen LogP contribution in [0, 0.1) is 0 Å². The monoisotopic (exact) mass is 415 g/mol. The molecular weight excluding hydrogens is 403 g/mol. The Kier molecular flexibility index (Phi) is 5.23. The van der Waals surface area contributed by atoms with Crippen LogP contribution in [0.4, 0.5) is 13.2 Å². The highest BCUT2D eigenvalue weighted by Crippen LogP contribution is 2.23. The van der Waals surface area contributed by atoms with E-state index in [1.54, 1.807) is 0 Å². The van der Waals surface area contributed by atoms with Gasteiger partial charge in [0, 0.05) is 17.1 Å². The lowest BCUT2D eigenvalue weighted by Crippen LogP contribution is -2.27. The van der Waals surface area contributed by atoms with Crippen LogP contribution in [0.15, 0.2) is 29.1 Å². The molecule has 0 radical (unpaired) electrons. The molecular formula is C15H13ClF3N7O2. The van der Waals surface area contributed by atoms with Crippen LogP contribution < -0.4 is 11.4 Å². The van der Waals surface area contributed by atoms with E-state index in [-0.39, 0.29) is 24.0 Å². The van der Waals surface area contributed by atoms with E-state index in [4.69, 9.17) is 17.3 Å². The Morgan fingerprint density at radius 1 is 1.25 bits per heavy atom. The molecule has 3 N–H and O–H groups in total. The van der Waals surface area contributed by atoms with Gasteiger partial charge in [-0.3, -0.25) is 14.5 Å². The van der Waals surface area contributed by atoms with E-state index in [1.807, 2.05) is 0 Å². The van der Waals surface area contributed by atoms with Crippen LogP contribution in [0.3, 0.4) is 0 Å². The molecule has 3 aromatic rings. The Bertz CT molecular complexity index is 1050. The fourth-order valence-electron chi connectivity index (χ4n) is 2.41. The van der Waals surface area contributed by atoms with Gasteiger partial charge in [-0.25, -0.2) is 14.5 Å². The number of alkyl halides is 3. The summed E-state index contributed by atoms with van der Waals surface area (Å²) < 4.78 is 39.8. The van der Waals surface area contributed by atoms with Crippen molar-refractivity contribution in [2.24, 2.45) is 5.73 Å². The average Bonchev–Trinajstić information content (AvgIpc) is 3.19. The number of nitrogens with one attached hydrogen (secondary N) is 1. The maximum Gasteiger partial charge on any atom is 0.390 e. The van der Waals surface area contributed by atoms with Crippen LogP contribution in [0.2, 0.25) is 5.02 Å². The molecule has 0 aliphatic rings. The van der Waals surface area contributed by atoms with Gasteiger partial charge in [0.25, 0.3) is 5.91 Å². The molecule has 2 heterocycles. The molecule has 148 valence electrons. The molecule has 1 aromatic carbocycles. The number of aromatic amines is 1. The molecule has 1 amide bonds. The number of hydrogen-bond acceptors (Lipinski definition) is 5. The van der Waals surface area contributed by atoms with E-state index in [1.165, 1.54) is 24.3 Å². The van der Waals surface area contributed by atoms with Crippen molar-refractivity contribution in [1.29, 1.82) is 0 Å². The normalized spacial score (nSPS) is 11.7. The van der Waals surface area contributed by atoms with Crippen LogP contribution in [0.1, 0.15) is 22.9 Å². The number of hydrogen-bond donors (Lipinski definition) is 2. The van der Waals surface area contributed by atoms with Crippen molar-refractivity contribution in [3.63, 3.8) is 0 Å². The van der Waals surface area contributed by atoms with Gasteiger partial charge in [-0.2, -0.15) is 18.3 Å². The van der Waals surface area contributed by atoms with Crippen LogP contribution in [0.25, 0.3) is 11.4 Å². The number of carbonyl (C=O) groups excluding carboxylic acids is 1. The number of carbonyl (C=O) groups is 1. The van der Waals surface area contributed by atoms with Crippen LogP contribution in [-0.2, 0) is 13.1 Å². The highest BCUT2D eigenvalue weighted by molar-refractivity contribution is 6.30. The molecule has 13 heteroatoms. The molecule has 28 heavy (non-hydrogen) atoms. The van der Waals surface area contributed by atoms with Gasteiger partial charge < -0.3 is 5.73 Å². The molecule has 0 saturated carbocycles. The van der Waals surface area contributed by atoms with Gasteiger partial charge in [0.15, 0.2) is 11.6 Å². The standard InChI is InChI=1S/C15H13ClF3N7O2/c16-9-3-1-8(2-4-9)13-24-26(7-10-21-12(11(20)27)23-22-10)14(28)25(13)6-5-15(17,18)19/h1-4H,5-7H2,(H2,20,27)(H,21,22,23). The zero-order valence-electron chi connectivity index (χ0n) is 14.1. The molecule has 0 bridgehead atoms. The fraction of sp³-hybridized carbons (Fsp3) is 0.267. The molecule has 0 aliphatic heterocycles. The summed E-state index contributed by atoms with van der Waals surface area (Å²) in [7, 11) is 0. The van der Waals surface area contributed by atoms with Gasteiger partial charge in [0.05, 0.1) is 6.42 Å². The maximum atomic E-state index is 12.7. The summed E-state index contributed by atoms with van der Waals surface area (Å²) >= 11 is 5.83. The number of amides is 1. The van der Waals surface area contributed by atoms with Crippen molar-refractivity contribution < 1.29 is 18.0 Å². The molecule has 2 aromatic heterocycles. The summed E-state index contributed by atoms with van der Waals surface area (Å²) in [6.45, 7) is -0.872. The minimum Gasteiger partial charge on any atom is -0.363 e. The Hall–Kier alpha value is -3.15. The Labute approximate surface area is 159 Å². The highest BCUT2D eigenvalue weighted by atomic mass is 35.5. The Morgan fingerprint density at radius 2 is 1.93 bits per heavy atom. The largest absolute Gasteiger partial charge is 0.390 e. The number of aromatic nitrogens is 6. The van der Waals surface area contributed by atoms with Crippen molar-refractivity contribution in [3.05, 3.63) is 51.4 Å². The minimum atomic E-state index is -4.45. The second-order valence-corrected chi connectivity index (χ2v) is 6.19. The Morgan fingerprint density at radius 3 is 2.50 bits per heavy atom. The van der Waals surface area contributed by atoms with E-state index in [2.05, 4.69) is 20.3 Å². The minimum absolute atomic E-state index is 0.0269. The van der Waals surface area contributed by atoms with Gasteiger partial charge in [-0.05, 0) is 24.3 Å². The van der Waals surface area contributed by atoms with Crippen molar-refractivity contribution in [2.75, 3.05) is 0 Å².